The molecule has 1 aliphatic heterocycles. The van der Waals surface area contributed by atoms with Gasteiger partial charge in [-0.05, 0) is 37.8 Å². The molecule has 0 aromatic heterocycles. The third kappa shape index (κ3) is 5.16. The lowest BCUT2D eigenvalue weighted by atomic mass is 9.93. The van der Waals surface area contributed by atoms with E-state index in [1.54, 1.807) is 11.0 Å². The molecule has 23 heavy (non-hydrogen) atoms. The lowest BCUT2D eigenvalue weighted by molar-refractivity contribution is -0.134. The summed E-state index contributed by atoms with van der Waals surface area (Å²) in [5.41, 5.74) is 5.22. The SMILES string of the molecule is CCOc1ccccc1OCC(=O)N1CCC(CC(N)=O)CC1. The molecule has 1 aromatic carbocycles. The van der Waals surface area contributed by atoms with Gasteiger partial charge in [0.2, 0.25) is 5.91 Å². The molecule has 0 atom stereocenters. The molecule has 1 saturated heterocycles. The molecule has 0 saturated carbocycles. The van der Waals surface area contributed by atoms with Gasteiger partial charge in [0.15, 0.2) is 18.1 Å². The van der Waals surface area contributed by atoms with Crippen molar-refractivity contribution in [3.05, 3.63) is 24.3 Å². The molecular formula is C17H24N2O4. The van der Waals surface area contributed by atoms with Crippen molar-refractivity contribution < 1.29 is 19.1 Å². The van der Waals surface area contributed by atoms with Crippen molar-refractivity contribution in [2.24, 2.45) is 11.7 Å². The minimum Gasteiger partial charge on any atom is -0.490 e. The summed E-state index contributed by atoms with van der Waals surface area (Å²) in [4.78, 5) is 25.0. The Bertz CT molecular complexity index is 539. The van der Waals surface area contributed by atoms with Crippen molar-refractivity contribution in [2.75, 3.05) is 26.3 Å². The van der Waals surface area contributed by atoms with Crippen LogP contribution in [-0.4, -0.2) is 43.0 Å². The highest BCUT2D eigenvalue weighted by atomic mass is 16.5. The standard InChI is InChI=1S/C17H24N2O4/c1-2-22-14-5-3-4-6-15(14)23-12-17(21)19-9-7-13(8-10-19)11-16(18)20/h3-6,13H,2,7-12H2,1H3,(H2,18,20). The molecule has 126 valence electrons. The lowest BCUT2D eigenvalue weighted by Crippen LogP contribution is -2.41. The van der Waals surface area contributed by atoms with Gasteiger partial charge in [-0.15, -0.1) is 0 Å². The van der Waals surface area contributed by atoms with Crippen LogP contribution in [-0.2, 0) is 9.59 Å². The highest BCUT2D eigenvalue weighted by Gasteiger charge is 2.24. The van der Waals surface area contributed by atoms with Gasteiger partial charge in [0.05, 0.1) is 6.61 Å². The third-order valence-electron chi connectivity index (χ3n) is 3.96. The van der Waals surface area contributed by atoms with Crippen LogP contribution in [0.4, 0.5) is 0 Å². The highest BCUT2D eigenvalue weighted by Crippen LogP contribution is 2.26. The Balaban J connectivity index is 1.81. The molecule has 0 aliphatic carbocycles. The zero-order valence-electron chi connectivity index (χ0n) is 13.5. The summed E-state index contributed by atoms with van der Waals surface area (Å²) >= 11 is 0. The fourth-order valence-corrected chi connectivity index (χ4v) is 2.75. The van der Waals surface area contributed by atoms with Crippen LogP contribution in [0.1, 0.15) is 26.2 Å². The summed E-state index contributed by atoms with van der Waals surface area (Å²) in [6.07, 6.45) is 2.02. The summed E-state index contributed by atoms with van der Waals surface area (Å²) in [6, 6.07) is 7.32. The Kier molecular flexibility index (Phi) is 6.26. The second-order valence-corrected chi connectivity index (χ2v) is 5.66. The number of likely N-dealkylation sites (tertiary alicyclic amines) is 1. The van der Waals surface area contributed by atoms with Crippen LogP contribution in [0.5, 0.6) is 11.5 Å². The van der Waals surface area contributed by atoms with Crippen molar-refractivity contribution in [1.82, 2.24) is 4.90 Å². The zero-order valence-corrected chi connectivity index (χ0v) is 13.5. The van der Waals surface area contributed by atoms with Gasteiger partial charge in [0, 0.05) is 19.5 Å². The van der Waals surface area contributed by atoms with Crippen LogP contribution in [0.2, 0.25) is 0 Å². The van der Waals surface area contributed by atoms with Crippen molar-refractivity contribution in [3.8, 4) is 11.5 Å². The van der Waals surface area contributed by atoms with Crippen molar-refractivity contribution in [3.63, 3.8) is 0 Å². The fourth-order valence-electron chi connectivity index (χ4n) is 2.75. The topological polar surface area (TPSA) is 81.9 Å². The summed E-state index contributed by atoms with van der Waals surface area (Å²) in [7, 11) is 0. The number of benzene rings is 1. The number of nitrogens with zero attached hydrogens (tertiary/aromatic N) is 1. The van der Waals surface area contributed by atoms with Gasteiger partial charge < -0.3 is 20.1 Å². The number of amides is 2. The van der Waals surface area contributed by atoms with Crippen LogP contribution >= 0.6 is 0 Å². The van der Waals surface area contributed by atoms with Crippen LogP contribution in [0.25, 0.3) is 0 Å². The number of piperidine rings is 1. The van der Waals surface area contributed by atoms with E-state index >= 15 is 0 Å². The molecule has 0 unspecified atom stereocenters. The normalized spacial score (nSPS) is 15.3. The van der Waals surface area contributed by atoms with Crippen LogP contribution in [0, 0.1) is 5.92 Å². The molecule has 1 aromatic rings. The molecule has 6 nitrogen and oxygen atoms in total. The van der Waals surface area contributed by atoms with Crippen molar-refractivity contribution in [2.45, 2.75) is 26.2 Å². The lowest BCUT2D eigenvalue weighted by Gasteiger charge is -2.31. The maximum Gasteiger partial charge on any atom is 0.260 e. The Hall–Kier alpha value is -2.24. The third-order valence-corrected chi connectivity index (χ3v) is 3.96. The molecule has 6 heteroatoms. The number of para-hydroxylation sites is 2. The summed E-state index contributed by atoms with van der Waals surface area (Å²) < 4.78 is 11.1. The fraction of sp³-hybridized carbons (Fsp3) is 0.529. The average Bonchev–Trinajstić information content (AvgIpc) is 2.54. The molecule has 1 aliphatic rings. The first-order valence-corrected chi connectivity index (χ1v) is 8.00. The molecule has 0 spiro atoms. The van der Waals surface area contributed by atoms with E-state index in [2.05, 4.69) is 0 Å². The predicted octanol–water partition coefficient (Wildman–Crippen LogP) is 1.58. The van der Waals surface area contributed by atoms with E-state index in [0.717, 1.165) is 12.8 Å². The average molecular weight is 320 g/mol. The minimum absolute atomic E-state index is 0.00935. The largest absolute Gasteiger partial charge is 0.490 e. The van der Waals surface area contributed by atoms with Crippen LogP contribution < -0.4 is 15.2 Å². The van der Waals surface area contributed by atoms with E-state index in [9.17, 15) is 9.59 Å². The number of rotatable bonds is 7. The molecule has 0 radical (unpaired) electrons. The number of primary amides is 1. The quantitative estimate of drug-likeness (QED) is 0.827. The van der Waals surface area contributed by atoms with Gasteiger partial charge in [0.1, 0.15) is 0 Å². The molecular weight excluding hydrogens is 296 g/mol. The van der Waals surface area contributed by atoms with Crippen LogP contribution in [0.15, 0.2) is 24.3 Å². The van der Waals surface area contributed by atoms with Crippen LogP contribution in [0.3, 0.4) is 0 Å². The minimum atomic E-state index is -0.273. The number of hydrogen-bond donors (Lipinski definition) is 1. The van der Waals surface area contributed by atoms with Crippen molar-refractivity contribution >= 4 is 11.8 Å². The number of ether oxygens (including phenoxy) is 2. The Morgan fingerprint density at radius 1 is 1.17 bits per heavy atom. The predicted molar refractivity (Wildman–Crippen MR) is 86.2 cm³/mol. The number of carbonyl (C=O) groups excluding carboxylic acids is 2. The first-order chi connectivity index (χ1) is 11.1. The van der Waals surface area contributed by atoms with Gasteiger partial charge >= 0.3 is 0 Å². The summed E-state index contributed by atoms with van der Waals surface area (Å²) in [6.45, 7) is 3.73. The highest BCUT2D eigenvalue weighted by molar-refractivity contribution is 5.78. The summed E-state index contributed by atoms with van der Waals surface area (Å²) in [5, 5.41) is 0. The Morgan fingerprint density at radius 2 is 1.78 bits per heavy atom. The number of nitrogens with two attached hydrogens (primary N) is 1. The second-order valence-electron chi connectivity index (χ2n) is 5.66. The van der Waals surface area contributed by atoms with E-state index in [4.69, 9.17) is 15.2 Å². The van der Waals surface area contributed by atoms with Gasteiger partial charge in [-0.1, -0.05) is 12.1 Å². The molecule has 2 N–H and O–H groups in total. The van der Waals surface area contributed by atoms with E-state index in [1.807, 2.05) is 25.1 Å². The zero-order chi connectivity index (χ0) is 16.7. The van der Waals surface area contributed by atoms with Gasteiger partial charge in [-0.3, -0.25) is 9.59 Å². The molecule has 2 amide bonds. The maximum atomic E-state index is 12.2. The number of carbonyl (C=O) groups is 2. The Morgan fingerprint density at radius 3 is 2.35 bits per heavy atom. The Labute approximate surface area is 136 Å². The van der Waals surface area contributed by atoms with E-state index < -0.39 is 0 Å². The molecule has 0 bridgehead atoms. The maximum absolute atomic E-state index is 12.2. The van der Waals surface area contributed by atoms with E-state index in [1.165, 1.54) is 0 Å². The monoisotopic (exact) mass is 320 g/mol. The number of hydrogen-bond acceptors (Lipinski definition) is 4. The second kappa shape index (κ2) is 8.41. The van der Waals surface area contributed by atoms with E-state index in [-0.39, 0.29) is 24.3 Å². The van der Waals surface area contributed by atoms with Gasteiger partial charge in [-0.2, -0.15) is 0 Å². The van der Waals surface area contributed by atoms with Gasteiger partial charge in [0.25, 0.3) is 5.91 Å². The first-order valence-electron chi connectivity index (χ1n) is 8.00. The molecule has 1 heterocycles. The molecule has 1 fully saturated rings. The summed E-state index contributed by atoms with van der Waals surface area (Å²) in [5.74, 6) is 1.19. The van der Waals surface area contributed by atoms with E-state index in [0.29, 0.717) is 37.6 Å². The van der Waals surface area contributed by atoms with Gasteiger partial charge in [-0.25, -0.2) is 0 Å². The smallest absolute Gasteiger partial charge is 0.260 e. The molecule has 2 rings (SSSR count). The first kappa shape index (κ1) is 17.1. The van der Waals surface area contributed by atoms with Crippen molar-refractivity contribution in [1.29, 1.82) is 0 Å².